The SMILES string of the molecule is CCCCNC(=O)c1ccc(-c2csc(C)n2)o1. The lowest BCUT2D eigenvalue weighted by molar-refractivity contribution is 0.0926. The molecule has 0 aliphatic rings. The normalized spacial score (nSPS) is 10.6. The van der Waals surface area contributed by atoms with E-state index in [0.29, 0.717) is 18.1 Å². The molecule has 0 radical (unpaired) electrons. The van der Waals surface area contributed by atoms with Gasteiger partial charge in [0.2, 0.25) is 0 Å². The molecule has 2 aromatic heterocycles. The Morgan fingerprint density at radius 3 is 3.00 bits per heavy atom. The van der Waals surface area contributed by atoms with E-state index in [1.165, 1.54) is 0 Å². The van der Waals surface area contributed by atoms with Crippen LogP contribution in [0.1, 0.15) is 35.3 Å². The Bertz CT molecular complexity index is 531. The molecule has 2 aromatic rings. The van der Waals surface area contributed by atoms with E-state index in [0.717, 1.165) is 23.5 Å². The molecular formula is C13H16N2O2S. The van der Waals surface area contributed by atoms with Gasteiger partial charge in [-0.15, -0.1) is 11.3 Å². The first-order chi connectivity index (χ1) is 8.70. The molecule has 1 amide bonds. The second-order valence-corrected chi connectivity index (χ2v) is 5.09. The van der Waals surface area contributed by atoms with E-state index in [1.54, 1.807) is 23.5 Å². The molecule has 0 atom stereocenters. The number of furan rings is 1. The van der Waals surface area contributed by atoms with Gasteiger partial charge in [-0.25, -0.2) is 4.98 Å². The highest BCUT2D eigenvalue weighted by Crippen LogP contribution is 2.23. The molecule has 18 heavy (non-hydrogen) atoms. The van der Waals surface area contributed by atoms with Gasteiger partial charge in [0.25, 0.3) is 5.91 Å². The lowest BCUT2D eigenvalue weighted by Gasteiger charge is -2.00. The molecule has 1 N–H and O–H groups in total. The van der Waals surface area contributed by atoms with Crippen LogP contribution < -0.4 is 5.32 Å². The molecule has 0 saturated carbocycles. The Balaban J connectivity index is 2.04. The molecule has 0 aliphatic carbocycles. The van der Waals surface area contributed by atoms with E-state index in [4.69, 9.17) is 4.42 Å². The van der Waals surface area contributed by atoms with E-state index in [1.807, 2.05) is 12.3 Å². The Kier molecular flexibility index (Phi) is 4.15. The van der Waals surface area contributed by atoms with Crippen LogP contribution in [0.4, 0.5) is 0 Å². The van der Waals surface area contributed by atoms with Gasteiger partial charge >= 0.3 is 0 Å². The highest BCUT2D eigenvalue weighted by molar-refractivity contribution is 7.09. The van der Waals surface area contributed by atoms with Gasteiger partial charge in [-0.1, -0.05) is 13.3 Å². The molecule has 0 fully saturated rings. The number of rotatable bonds is 5. The average molecular weight is 264 g/mol. The topological polar surface area (TPSA) is 55.1 Å². The number of nitrogens with zero attached hydrogens (tertiary/aromatic N) is 1. The molecule has 2 heterocycles. The zero-order valence-corrected chi connectivity index (χ0v) is 11.3. The van der Waals surface area contributed by atoms with Crippen molar-refractivity contribution in [2.75, 3.05) is 6.54 Å². The van der Waals surface area contributed by atoms with Crippen molar-refractivity contribution in [2.45, 2.75) is 26.7 Å². The fourth-order valence-corrected chi connectivity index (χ4v) is 2.14. The zero-order chi connectivity index (χ0) is 13.0. The third-order valence-electron chi connectivity index (χ3n) is 2.52. The number of hydrogen-bond donors (Lipinski definition) is 1. The molecule has 0 spiro atoms. The molecule has 2 rings (SSSR count). The number of thiazole rings is 1. The summed E-state index contributed by atoms with van der Waals surface area (Å²) in [5.74, 6) is 0.813. The van der Waals surface area contributed by atoms with Gasteiger partial charge in [0.15, 0.2) is 11.5 Å². The molecule has 0 unspecified atom stereocenters. The van der Waals surface area contributed by atoms with Crippen molar-refractivity contribution in [3.8, 4) is 11.5 Å². The first kappa shape index (κ1) is 12.8. The van der Waals surface area contributed by atoms with E-state index in [9.17, 15) is 4.79 Å². The maximum absolute atomic E-state index is 11.7. The largest absolute Gasteiger partial charge is 0.449 e. The third-order valence-corrected chi connectivity index (χ3v) is 3.29. The van der Waals surface area contributed by atoms with Crippen LogP contribution in [0.15, 0.2) is 21.9 Å². The molecule has 5 heteroatoms. The lowest BCUT2D eigenvalue weighted by atomic mass is 10.3. The van der Waals surface area contributed by atoms with Crippen LogP contribution in [0.5, 0.6) is 0 Å². The monoisotopic (exact) mass is 264 g/mol. The van der Waals surface area contributed by atoms with Gasteiger partial charge in [-0.2, -0.15) is 0 Å². The van der Waals surface area contributed by atoms with E-state index < -0.39 is 0 Å². The van der Waals surface area contributed by atoms with Gasteiger partial charge in [0.05, 0.1) is 5.01 Å². The van der Waals surface area contributed by atoms with Crippen LogP contribution in [0.25, 0.3) is 11.5 Å². The van der Waals surface area contributed by atoms with Gasteiger partial charge < -0.3 is 9.73 Å². The van der Waals surface area contributed by atoms with Gasteiger partial charge in [-0.05, 0) is 25.5 Å². The molecular weight excluding hydrogens is 248 g/mol. The smallest absolute Gasteiger partial charge is 0.287 e. The number of carbonyl (C=O) groups is 1. The van der Waals surface area contributed by atoms with Crippen LogP contribution in [0, 0.1) is 6.92 Å². The maximum atomic E-state index is 11.7. The highest BCUT2D eigenvalue weighted by atomic mass is 32.1. The minimum atomic E-state index is -0.165. The Hall–Kier alpha value is -1.62. The standard InChI is InChI=1S/C13H16N2O2S/c1-3-4-7-14-13(16)12-6-5-11(17-12)10-8-18-9(2)15-10/h5-6,8H,3-4,7H2,1-2H3,(H,14,16). The Labute approximate surface area is 110 Å². The first-order valence-electron chi connectivity index (χ1n) is 6.01. The number of unbranched alkanes of at least 4 members (excludes halogenated alkanes) is 1. The van der Waals surface area contributed by atoms with Crippen molar-refractivity contribution in [1.29, 1.82) is 0 Å². The summed E-state index contributed by atoms with van der Waals surface area (Å²) < 4.78 is 5.51. The summed E-state index contributed by atoms with van der Waals surface area (Å²) >= 11 is 1.56. The molecule has 4 nitrogen and oxygen atoms in total. The molecule has 0 bridgehead atoms. The molecule has 0 saturated heterocycles. The molecule has 0 aromatic carbocycles. The quantitative estimate of drug-likeness (QED) is 0.843. The van der Waals surface area contributed by atoms with Crippen LogP contribution in [0.2, 0.25) is 0 Å². The third kappa shape index (κ3) is 2.98. The van der Waals surface area contributed by atoms with E-state index >= 15 is 0 Å². The predicted molar refractivity (Wildman–Crippen MR) is 71.8 cm³/mol. The number of aromatic nitrogens is 1. The highest BCUT2D eigenvalue weighted by Gasteiger charge is 2.12. The fourth-order valence-electron chi connectivity index (χ4n) is 1.54. The van der Waals surface area contributed by atoms with Crippen molar-refractivity contribution in [3.63, 3.8) is 0 Å². The Morgan fingerprint density at radius 1 is 1.50 bits per heavy atom. The van der Waals surface area contributed by atoms with Gasteiger partial charge in [-0.3, -0.25) is 4.79 Å². The number of aryl methyl sites for hydroxylation is 1. The summed E-state index contributed by atoms with van der Waals surface area (Å²) in [5, 5.41) is 5.72. The minimum Gasteiger partial charge on any atom is -0.449 e. The number of carbonyl (C=O) groups excluding carboxylic acids is 1. The first-order valence-corrected chi connectivity index (χ1v) is 6.89. The zero-order valence-electron chi connectivity index (χ0n) is 10.5. The van der Waals surface area contributed by atoms with Crippen molar-refractivity contribution in [1.82, 2.24) is 10.3 Å². The summed E-state index contributed by atoms with van der Waals surface area (Å²) in [6, 6.07) is 3.47. The number of nitrogens with one attached hydrogen (secondary N) is 1. The van der Waals surface area contributed by atoms with Crippen LogP contribution in [-0.4, -0.2) is 17.4 Å². The van der Waals surface area contributed by atoms with Gasteiger partial charge in [0, 0.05) is 11.9 Å². The summed E-state index contributed by atoms with van der Waals surface area (Å²) in [5.41, 5.74) is 0.783. The summed E-state index contributed by atoms with van der Waals surface area (Å²) in [7, 11) is 0. The summed E-state index contributed by atoms with van der Waals surface area (Å²) in [6.07, 6.45) is 2.03. The predicted octanol–water partition coefficient (Wildman–Crippen LogP) is 3.24. The number of hydrogen-bond acceptors (Lipinski definition) is 4. The van der Waals surface area contributed by atoms with Gasteiger partial charge in [0.1, 0.15) is 5.69 Å². The van der Waals surface area contributed by atoms with E-state index in [2.05, 4.69) is 17.2 Å². The summed E-state index contributed by atoms with van der Waals surface area (Å²) in [4.78, 5) is 16.1. The van der Waals surface area contributed by atoms with Crippen molar-refractivity contribution >= 4 is 17.2 Å². The second kappa shape index (κ2) is 5.82. The van der Waals surface area contributed by atoms with Crippen molar-refractivity contribution < 1.29 is 9.21 Å². The second-order valence-electron chi connectivity index (χ2n) is 4.03. The Morgan fingerprint density at radius 2 is 2.33 bits per heavy atom. The summed E-state index contributed by atoms with van der Waals surface area (Å²) in [6.45, 7) is 4.71. The van der Waals surface area contributed by atoms with Crippen LogP contribution >= 0.6 is 11.3 Å². The van der Waals surface area contributed by atoms with Crippen molar-refractivity contribution in [3.05, 3.63) is 28.3 Å². The molecule has 96 valence electrons. The van der Waals surface area contributed by atoms with E-state index in [-0.39, 0.29) is 5.91 Å². The van der Waals surface area contributed by atoms with Crippen LogP contribution in [-0.2, 0) is 0 Å². The fraction of sp³-hybridized carbons (Fsp3) is 0.385. The maximum Gasteiger partial charge on any atom is 0.287 e. The van der Waals surface area contributed by atoms with Crippen molar-refractivity contribution in [2.24, 2.45) is 0 Å². The average Bonchev–Trinajstić information content (AvgIpc) is 2.97. The number of amides is 1. The lowest BCUT2D eigenvalue weighted by Crippen LogP contribution is -2.23. The minimum absolute atomic E-state index is 0.165. The molecule has 0 aliphatic heterocycles. The van der Waals surface area contributed by atoms with Crippen LogP contribution in [0.3, 0.4) is 0 Å².